The smallest absolute Gasteiger partial charge is 0.143 e. The highest BCUT2D eigenvalue weighted by Gasteiger charge is 2.38. The van der Waals surface area contributed by atoms with Gasteiger partial charge in [0.2, 0.25) is 0 Å². The predicted molar refractivity (Wildman–Crippen MR) is 211 cm³/mol. The Morgan fingerprint density at radius 3 is 1.55 bits per heavy atom. The number of nitriles is 1. The number of hydrogen-bond donors (Lipinski definition) is 0. The molecule has 0 aliphatic heterocycles. The van der Waals surface area contributed by atoms with E-state index in [-0.39, 0.29) is 6.10 Å². The molecule has 4 aromatic rings. The first-order valence-corrected chi connectivity index (χ1v) is 19.7. The van der Waals surface area contributed by atoms with Crippen LogP contribution in [0.5, 0.6) is 0 Å². The highest BCUT2D eigenvalue weighted by Crippen LogP contribution is 2.40. The summed E-state index contributed by atoms with van der Waals surface area (Å²) in [6.07, 6.45) is 18.3. The number of halogens is 1. The highest BCUT2D eigenvalue weighted by atomic mass is 35.5. The minimum absolute atomic E-state index is 0.292. The van der Waals surface area contributed by atoms with Gasteiger partial charge in [0, 0.05) is 11.6 Å². The van der Waals surface area contributed by atoms with E-state index in [2.05, 4.69) is 85.8 Å². The molecule has 1 unspecified atom stereocenters. The zero-order valence-electron chi connectivity index (χ0n) is 30.7. The summed E-state index contributed by atoms with van der Waals surface area (Å²) in [5, 5.41) is 10.0. The van der Waals surface area contributed by atoms with E-state index >= 15 is 0 Å². The van der Waals surface area contributed by atoms with Gasteiger partial charge in [-0.25, -0.2) is 0 Å². The van der Waals surface area contributed by atoms with Crippen molar-refractivity contribution in [1.82, 2.24) is 0 Å². The van der Waals surface area contributed by atoms with E-state index in [4.69, 9.17) is 25.8 Å². The molecule has 4 nitrogen and oxygen atoms in total. The van der Waals surface area contributed by atoms with Gasteiger partial charge in [-0.05, 0) is 46.9 Å². The van der Waals surface area contributed by atoms with E-state index in [9.17, 15) is 5.26 Å². The van der Waals surface area contributed by atoms with Gasteiger partial charge in [-0.1, -0.05) is 193 Å². The molecule has 0 amide bonds. The van der Waals surface area contributed by atoms with Crippen molar-refractivity contribution < 1.29 is 14.2 Å². The molecule has 0 radical (unpaired) electrons. The monoisotopic (exact) mass is 707 g/mol. The predicted octanol–water partition coefficient (Wildman–Crippen LogP) is 12.6. The number of ether oxygens (including phenoxy) is 3. The quantitative estimate of drug-likeness (QED) is 0.0481. The third-order valence-electron chi connectivity index (χ3n) is 9.55. The summed E-state index contributed by atoms with van der Waals surface area (Å²) in [5.74, 6) is 0. The van der Waals surface area contributed by atoms with Gasteiger partial charge in [-0.3, -0.25) is 0 Å². The number of unbranched alkanes of at least 4 members (excludes halogenated alkanes) is 13. The Labute approximate surface area is 313 Å². The summed E-state index contributed by atoms with van der Waals surface area (Å²) in [7, 11) is 0. The Morgan fingerprint density at radius 2 is 1.08 bits per heavy atom. The summed E-state index contributed by atoms with van der Waals surface area (Å²) >= 11 is 6.32. The van der Waals surface area contributed by atoms with Crippen molar-refractivity contribution in [3.05, 3.63) is 142 Å². The first kappa shape index (κ1) is 40.3. The third-order valence-corrected chi connectivity index (χ3v) is 9.76. The standard InChI is InChI=1S/C46H58ClNO3/c1-2-3-4-5-6-7-8-9-10-11-12-13-14-24-31-49-37-45(50-36-40-32-39(35-48)33-44(47)34-40)38-51-46(41-25-18-15-19-26-41,42-27-20-16-21-28-42)43-29-22-17-23-30-43/h15-23,25-30,32-34,45H,2-14,24,31,36-38H2,1H3. The lowest BCUT2D eigenvalue weighted by atomic mass is 9.80. The van der Waals surface area contributed by atoms with Crippen LogP contribution in [0.2, 0.25) is 5.02 Å². The largest absolute Gasteiger partial charge is 0.379 e. The Bertz CT molecular complexity index is 1430. The van der Waals surface area contributed by atoms with Crippen molar-refractivity contribution >= 4 is 11.6 Å². The maximum Gasteiger partial charge on any atom is 0.143 e. The molecule has 51 heavy (non-hydrogen) atoms. The molecular formula is C46H58ClNO3. The molecule has 0 heterocycles. The lowest BCUT2D eigenvalue weighted by Crippen LogP contribution is -2.37. The molecule has 272 valence electrons. The van der Waals surface area contributed by atoms with E-state index < -0.39 is 5.60 Å². The number of benzene rings is 4. The third kappa shape index (κ3) is 13.9. The second kappa shape index (κ2) is 23.9. The van der Waals surface area contributed by atoms with Crippen LogP contribution in [-0.2, 0) is 26.4 Å². The first-order valence-electron chi connectivity index (χ1n) is 19.3. The Balaban J connectivity index is 1.34. The molecule has 5 heteroatoms. The summed E-state index contributed by atoms with van der Waals surface area (Å²) in [6.45, 7) is 3.96. The molecule has 0 saturated heterocycles. The normalized spacial score (nSPS) is 12.1. The molecule has 0 aliphatic carbocycles. The molecule has 1 atom stereocenters. The average Bonchev–Trinajstić information content (AvgIpc) is 3.17. The van der Waals surface area contributed by atoms with Gasteiger partial charge in [-0.2, -0.15) is 5.26 Å². The molecule has 0 aromatic heterocycles. The fourth-order valence-electron chi connectivity index (χ4n) is 6.76. The first-order chi connectivity index (χ1) is 25.2. The van der Waals surface area contributed by atoms with Gasteiger partial charge in [0.15, 0.2) is 0 Å². The number of nitrogens with zero attached hydrogens (tertiary/aromatic N) is 1. The molecule has 0 saturated carbocycles. The van der Waals surface area contributed by atoms with Crippen LogP contribution >= 0.6 is 11.6 Å². The summed E-state index contributed by atoms with van der Waals surface area (Å²) in [6, 6.07) is 38.7. The van der Waals surface area contributed by atoms with Crippen LogP contribution in [-0.4, -0.2) is 25.9 Å². The molecule has 4 aromatic carbocycles. The lowest BCUT2D eigenvalue weighted by molar-refractivity contribution is -0.0968. The van der Waals surface area contributed by atoms with Crippen LogP contribution in [0.15, 0.2) is 109 Å². The fraction of sp³-hybridized carbons (Fsp3) is 0.457. The van der Waals surface area contributed by atoms with Gasteiger partial charge in [-0.15, -0.1) is 0 Å². The molecule has 0 spiro atoms. The van der Waals surface area contributed by atoms with E-state index in [1.807, 2.05) is 30.3 Å². The van der Waals surface area contributed by atoms with Gasteiger partial charge in [0.25, 0.3) is 0 Å². The second-order valence-corrected chi connectivity index (χ2v) is 14.1. The fourth-order valence-corrected chi connectivity index (χ4v) is 7.01. The molecule has 0 fully saturated rings. The minimum atomic E-state index is -0.857. The van der Waals surface area contributed by atoms with Crippen molar-refractivity contribution in [2.24, 2.45) is 0 Å². The maximum atomic E-state index is 9.48. The Morgan fingerprint density at radius 1 is 0.608 bits per heavy atom. The molecular weight excluding hydrogens is 650 g/mol. The Hall–Kier alpha value is -3.46. The van der Waals surface area contributed by atoms with Crippen molar-refractivity contribution in [3.63, 3.8) is 0 Å². The van der Waals surface area contributed by atoms with Crippen molar-refractivity contribution in [2.75, 3.05) is 19.8 Å². The van der Waals surface area contributed by atoms with Crippen molar-refractivity contribution in [3.8, 4) is 6.07 Å². The van der Waals surface area contributed by atoms with Crippen LogP contribution in [0, 0.1) is 11.3 Å². The van der Waals surface area contributed by atoms with E-state index in [1.54, 1.807) is 6.07 Å². The van der Waals surface area contributed by atoms with Gasteiger partial charge < -0.3 is 14.2 Å². The second-order valence-electron chi connectivity index (χ2n) is 13.7. The van der Waals surface area contributed by atoms with Crippen molar-refractivity contribution in [1.29, 1.82) is 5.26 Å². The van der Waals surface area contributed by atoms with Crippen LogP contribution in [0.25, 0.3) is 0 Å². The van der Waals surface area contributed by atoms with Crippen LogP contribution in [0.4, 0.5) is 0 Å². The highest BCUT2D eigenvalue weighted by molar-refractivity contribution is 6.30. The van der Waals surface area contributed by atoms with Crippen LogP contribution in [0.1, 0.15) is 125 Å². The topological polar surface area (TPSA) is 51.5 Å². The van der Waals surface area contributed by atoms with Gasteiger partial charge in [0.1, 0.15) is 11.7 Å². The Kier molecular flexibility index (Phi) is 18.9. The maximum absolute atomic E-state index is 9.48. The zero-order chi connectivity index (χ0) is 35.8. The van der Waals surface area contributed by atoms with Crippen LogP contribution in [0.3, 0.4) is 0 Å². The minimum Gasteiger partial charge on any atom is -0.379 e. The van der Waals surface area contributed by atoms with Crippen LogP contribution < -0.4 is 0 Å². The van der Waals surface area contributed by atoms with Gasteiger partial charge >= 0.3 is 0 Å². The molecule has 0 bridgehead atoms. The molecule has 4 rings (SSSR count). The van der Waals surface area contributed by atoms with E-state index in [0.717, 1.165) is 28.7 Å². The molecule has 0 N–H and O–H groups in total. The van der Waals surface area contributed by atoms with Gasteiger partial charge in [0.05, 0.1) is 31.5 Å². The molecule has 0 aliphatic rings. The summed E-state index contributed by atoms with van der Waals surface area (Å²) in [4.78, 5) is 0. The zero-order valence-corrected chi connectivity index (χ0v) is 31.5. The summed E-state index contributed by atoms with van der Waals surface area (Å²) in [5.41, 5.74) is 3.62. The van der Waals surface area contributed by atoms with E-state index in [1.165, 1.54) is 83.5 Å². The SMILES string of the molecule is CCCCCCCCCCCCCCCCOCC(COC(c1ccccc1)(c1ccccc1)c1ccccc1)OCc1cc(Cl)cc(C#N)c1. The summed E-state index contributed by atoms with van der Waals surface area (Å²) < 4.78 is 19.9. The number of rotatable bonds is 26. The average molecular weight is 708 g/mol. The lowest BCUT2D eigenvalue weighted by Gasteiger charge is -2.37. The van der Waals surface area contributed by atoms with Crippen molar-refractivity contribution in [2.45, 2.75) is 115 Å². The van der Waals surface area contributed by atoms with E-state index in [0.29, 0.717) is 37.0 Å². The number of hydrogen-bond acceptors (Lipinski definition) is 4.